The molecule has 0 aliphatic carbocycles. The summed E-state index contributed by atoms with van der Waals surface area (Å²) in [6, 6.07) is 0. The molecule has 22 rings (SSSR count). The predicted octanol–water partition coefficient (Wildman–Crippen LogP) is -15.5. The molecular formula is C36H60O72S14. The van der Waals surface area contributed by atoms with Gasteiger partial charge in [0.05, 0.1) is 39.6 Å². The largest absolute Gasteiger partial charge is 0.397 e. The second-order valence-electron chi connectivity index (χ2n) is 24.0. The van der Waals surface area contributed by atoms with Gasteiger partial charge >= 0.3 is 146 Å². The Morgan fingerprint density at radius 1 is 0.164 bits per heavy atom. The lowest BCUT2D eigenvalue weighted by molar-refractivity contribution is -0.398. The van der Waals surface area contributed by atoms with Gasteiger partial charge in [-0.2, -0.15) is 118 Å². The van der Waals surface area contributed by atoms with Crippen LogP contribution in [0.1, 0.15) is 0 Å². The molecule has 0 unspecified atom stereocenters. The maximum Gasteiger partial charge on any atom is 0.397 e. The minimum Gasteiger partial charge on any atom is -0.387 e. The van der Waals surface area contributed by atoms with E-state index in [9.17, 15) is 202 Å². The Morgan fingerprint density at radius 3 is 0.459 bits per heavy atom. The van der Waals surface area contributed by atoms with Gasteiger partial charge in [-0.1, -0.05) is 0 Å². The molecule has 0 radical (unpaired) electrons. The van der Waals surface area contributed by atoms with Crippen LogP contribution in [0.5, 0.6) is 0 Å². The van der Waals surface area contributed by atoms with Crippen LogP contribution < -0.4 is 0 Å². The van der Waals surface area contributed by atoms with Gasteiger partial charge in [-0.3, -0.25) is 63.7 Å². The molecule has 22 aliphatic rings. The van der Waals surface area contributed by atoms with Crippen molar-refractivity contribution in [2.45, 2.75) is 184 Å². The Balaban J connectivity index is 1.65. The number of aliphatic hydroxyl groups is 4. The number of rotatable bonds is 34. The van der Waals surface area contributed by atoms with Crippen LogP contribution in [0.15, 0.2) is 0 Å². The Labute approximate surface area is 682 Å². The topological polar surface area (TPSA) is 1080 Å². The fourth-order valence-electron chi connectivity index (χ4n) is 11.6. The lowest BCUT2D eigenvalue weighted by Gasteiger charge is -2.52. The third kappa shape index (κ3) is 33.7. The van der Waals surface area contributed by atoms with E-state index in [0.29, 0.717) is 0 Å². The maximum atomic E-state index is 13.1. The molecule has 22 saturated heterocycles. The van der Waals surface area contributed by atoms with Gasteiger partial charge in [0.2, 0.25) is 0 Å². The fourth-order valence-corrected chi connectivity index (χ4v) is 17.4. The molecule has 22 fully saturated rings. The summed E-state index contributed by atoms with van der Waals surface area (Å²) < 4.78 is 622. The molecule has 22 heterocycles. The molecule has 0 aromatic carbocycles. The lowest BCUT2D eigenvalue weighted by Crippen LogP contribution is -2.70. The summed E-state index contributed by atoms with van der Waals surface area (Å²) in [6.07, 6.45) is -107. The van der Waals surface area contributed by atoms with Crippen molar-refractivity contribution in [3.8, 4) is 0 Å². The molecule has 0 aromatic heterocycles. The third-order valence-corrected chi connectivity index (χ3v) is 21.9. The van der Waals surface area contributed by atoms with Crippen molar-refractivity contribution in [1.29, 1.82) is 0 Å². The molecule has 0 saturated carbocycles. The summed E-state index contributed by atoms with van der Waals surface area (Å²) in [5, 5.41) is 47.3. The van der Waals surface area contributed by atoms with Crippen molar-refractivity contribution < 1.29 is 317 Å². The summed E-state index contributed by atoms with van der Waals surface area (Å²) >= 11 is 0. The molecule has 0 aromatic rings. The molecule has 720 valence electrons. The number of hydrogen-bond donors (Lipinski definition) is 18. The van der Waals surface area contributed by atoms with E-state index in [1.807, 2.05) is 0 Å². The SMILES string of the molecule is O=S(=O)(O)OC[C@H]1O[C@@H]2O[C@H]3[C@H](OS(=O)(=O)O)[C@@H](OS(=O)(=O)O)[C@@H](O[C@H]4[C@H](OS(=O)(=O)O)[C@@H](OS(=O)(=O)O)[C@@H](O[C@H]5[C@H](OS(=O)(=O)O)[C@@H](OS(=O)(=O)O)[C@@H](O[C@H]6[C@H](OS(=O)(=O)O)[C@@H](OS(=O)(=O)O)[C@@H](O[C@H]7[C@H](O)[C@@H](O)[C@@H](O[C@H]1[C@H](O)[C@H]2O)O[C@@H]7COS(=O)(=O)O)O[C@@H]6COS(=O)(=O)O)O[C@@H]5COS(=O)(=O)O)O[C@@H]4COS(=O)(=O)O)O[C@@H]3COS(=O)(=O)O. The van der Waals surface area contributed by atoms with E-state index in [0.717, 1.165) is 0 Å². The summed E-state index contributed by atoms with van der Waals surface area (Å²) in [5.74, 6) is 0. The molecule has 0 amide bonds. The van der Waals surface area contributed by atoms with Gasteiger partial charge in [-0.15, -0.1) is 0 Å². The molecule has 86 heteroatoms. The minimum absolute atomic E-state index is 2.05. The van der Waals surface area contributed by atoms with E-state index in [1.54, 1.807) is 0 Å². The zero-order valence-corrected chi connectivity index (χ0v) is 68.8. The highest BCUT2D eigenvalue weighted by atomic mass is 32.3. The average Bonchev–Trinajstić information content (AvgIpc) is 0.749. The summed E-state index contributed by atoms with van der Waals surface area (Å²) in [7, 11) is -91.8. The van der Waals surface area contributed by atoms with E-state index in [-0.39, 0.29) is 0 Å². The fraction of sp³-hybridized carbons (Fsp3) is 1.00. The highest BCUT2D eigenvalue weighted by molar-refractivity contribution is 7.84. The number of hydrogen-bond acceptors (Lipinski definition) is 58. The van der Waals surface area contributed by atoms with Crippen LogP contribution in [0, 0.1) is 0 Å². The van der Waals surface area contributed by atoms with Gasteiger partial charge in [0.25, 0.3) is 0 Å². The van der Waals surface area contributed by atoms with Crippen LogP contribution >= 0.6 is 0 Å². The minimum atomic E-state index is -6.91. The summed E-state index contributed by atoms with van der Waals surface area (Å²) in [4.78, 5) is 0. The first-order chi connectivity index (χ1) is 54.8. The van der Waals surface area contributed by atoms with Crippen molar-refractivity contribution in [1.82, 2.24) is 0 Å². The predicted molar refractivity (Wildman–Crippen MR) is 342 cm³/mol. The zero-order valence-electron chi connectivity index (χ0n) is 57.4. The molecule has 0 spiro atoms. The van der Waals surface area contributed by atoms with E-state index < -0.39 is 369 Å². The Bertz CT molecular complexity index is 5360. The van der Waals surface area contributed by atoms with Crippen LogP contribution in [0.2, 0.25) is 0 Å². The van der Waals surface area contributed by atoms with Crippen molar-refractivity contribution in [2.24, 2.45) is 0 Å². The van der Waals surface area contributed by atoms with E-state index in [4.69, 9.17) is 56.8 Å². The average molecular weight is 2090 g/mol. The van der Waals surface area contributed by atoms with Crippen LogP contribution in [-0.4, -0.2) is 426 Å². The number of ether oxygens (including phenoxy) is 12. The van der Waals surface area contributed by atoms with Gasteiger partial charge in [-0.05, 0) is 0 Å². The highest BCUT2D eigenvalue weighted by Crippen LogP contribution is 2.44. The first kappa shape index (κ1) is 107. The normalized spacial score (nSPS) is 37.3. The Morgan fingerprint density at radius 2 is 0.295 bits per heavy atom. The Kier molecular flexibility index (Phi) is 34.5. The molecule has 30 atom stereocenters. The lowest BCUT2D eigenvalue weighted by atomic mass is 9.94. The standard InChI is InChI=1S/C36H60O72S14/c37-13-16(40)32-90-7(1-83-109(41,42)43)17(13)95-31-15(39)14(38)18(8(89-31)2-84-110(44,45)46)96-33-27(105-119(71,72)73)24(102-116(62,63)64)20(10(91-33)4-86-112(50,51)52)98-35-29(107-121(77,78)79)26(104-118(68,69)70)22(12(93-35)6-88-114(56,57)58)100-36-30(108-122(80,81)82)25(103-117(65,66)67)21(11(94-36)5-87-113(53,54)55)99-34-28(106-120(74,75)76)23(101-115(59,60)61)19(97-32)9(92-34)3-85-111(47,48)49/h7-40H,1-6H2,(H,41,42,43)(H,44,45,46)(H,47,48,49)(H,50,51,52)(H,53,54,55)(H,56,57,58)(H,59,60,61)(H,62,63,64)(H,65,66,67)(H,68,69,70)(H,71,72,73)(H,74,75,76)(H,77,78,79)(H,80,81,82)/t7-,8-,9-,10-,11-,12-,13-,14-,15-,16-,17-,18-,19-,20-,21-,22-,23+,24+,25+,26+,27-,28-,29-,30-,31-,32-,33-,34-,35-,36-/m1/s1. The maximum absolute atomic E-state index is 13.1. The zero-order chi connectivity index (χ0) is 92.9. The van der Waals surface area contributed by atoms with Crippen molar-refractivity contribution in [3.05, 3.63) is 0 Å². The van der Waals surface area contributed by atoms with Crippen molar-refractivity contribution >= 4 is 146 Å². The van der Waals surface area contributed by atoms with Gasteiger partial charge in [0, 0.05) is 0 Å². The van der Waals surface area contributed by atoms with Crippen LogP contribution in [-0.2, 0) is 261 Å². The van der Waals surface area contributed by atoms with E-state index in [1.165, 1.54) is 0 Å². The van der Waals surface area contributed by atoms with Gasteiger partial charge in [0.15, 0.2) is 62.2 Å². The third-order valence-electron chi connectivity index (χ3n) is 15.5. The van der Waals surface area contributed by atoms with Gasteiger partial charge in [0.1, 0.15) is 122 Å². The summed E-state index contributed by atoms with van der Waals surface area (Å²) in [6.45, 7) is -13.7. The number of aliphatic hydroxyl groups excluding tert-OH is 4. The van der Waals surface area contributed by atoms with Crippen LogP contribution in [0.3, 0.4) is 0 Å². The monoisotopic (exact) mass is 2090 g/mol. The quantitative estimate of drug-likeness (QED) is 0.0266. The van der Waals surface area contributed by atoms with E-state index in [2.05, 4.69) is 58.6 Å². The van der Waals surface area contributed by atoms with E-state index >= 15 is 0 Å². The second-order valence-corrected chi connectivity index (χ2v) is 38.9. The first-order valence-corrected chi connectivity index (χ1v) is 49.4. The van der Waals surface area contributed by atoms with Gasteiger partial charge < -0.3 is 77.3 Å². The molecule has 18 N–H and O–H groups in total. The van der Waals surface area contributed by atoms with Gasteiger partial charge in [-0.25, -0.2) is 58.6 Å². The Hall–Kier alpha value is -2.46. The van der Waals surface area contributed by atoms with Crippen molar-refractivity contribution in [2.75, 3.05) is 39.6 Å². The summed E-state index contributed by atoms with van der Waals surface area (Å²) in [5.41, 5.74) is 0. The second kappa shape index (κ2) is 39.5. The molecule has 122 heavy (non-hydrogen) atoms. The van der Waals surface area contributed by atoms with Crippen molar-refractivity contribution in [3.63, 3.8) is 0 Å². The van der Waals surface area contributed by atoms with Crippen LogP contribution in [0.4, 0.5) is 0 Å². The molecule has 22 aliphatic heterocycles. The molecular weight excluding hydrogens is 2030 g/mol. The van der Waals surface area contributed by atoms with Crippen LogP contribution in [0.25, 0.3) is 0 Å². The highest BCUT2D eigenvalue weighted by Gasteiger charge is 2.65. The molecule has 72 nitrogen and oxygen atoms in total. The smallest absolute Gasteiger partial charge is 0.387 e. The first-order valence-electron chi connectivity index (χ1n) is 30.3. The molecule has 12 bridgehead atoms.